The monoisotopic (exact) mass is 838 g/mol. The predicted molar refractivity (Wildman–Crippen MR) is 281 cm³/mol. The molecule has 14 rings (SSSR count). The molecule has 12 aromatic carbocycles. The van der Waals surface area contributed by atoms with E-state index in [4.69, 9.17) is 0 Å². The fourth-order valence-electron chi connectivity index (χ4n) is 11.2. The molecule has 1 aromatic heterocycles. The van der Waals surface area contributed by atoms with E-state index in [0.29, 0.717) is 0 Å². The highest BCUT2D eigenvalue weighted by Crippen LogP contribution is 2.60. The molecule has 0 nitrogen and oxygen atoms in total. The standard InChI is InChI=1S/C64H38S/c1-3-16-39(17-4-1)43-32-35-58-55(36-43)57-38-44(40-18-5-2-6-19-40)37-56(64(57)65-58)47-33-34-54-59-50(47)30-15-31-53(59)62-60(48-28-13-22-41-20-7-9-24-45(41)48)51-26-11-12-27-52(51)61(63(54)62)49-29-14-23-42-21-8-10-25-46(42)49/h1-38H. The Morgan fingerprint density at radius 3 is 1.35 bits per heavy atom. The van der Waals surface area contributed by atoms with E-state index in [1.807, 2.05) is 11.3 Å². The Hall–Kier alpha value is -8.10. The number of fused-ring (bicyclic) bond motifs is 9. The summed E-state index contributed by atoms with van der Waals surface area (Å²) >= 11 is 1.91. The van der Waals surface area contributed by atoms with Crippen LogP contribution in [-0.2, 0) is 0 Å². The lowest BCUT2D eigenvalue weighted by atomic mass is 9.81. The van der Waals surface area contributed by atoms with E-state index in [1.165, 1.54) is 141 Å². The molecular formula is C64H38S. The first-order chi connectivity index (χ1) is 32.3. The molecule has 65 heavy (non-hydrogen) atoms. The molecule has 13 aromatic rings. The maximum atomic E-state index is 2.45. The number of hydrogen-bond donors (Lipinski definition) is 0. The molecule has 1 heteroatoms. The molecule has 0 saturated carbocycles. The number of benzene rings is 12. The van der Waals surface area contributed by atoms with Crippen molar-refractivity contribution in [2.75, 3.05) is 0 Å². The first-order valence-corrected chi connectivity index (χ1v) is 23.3. The van der Waals surface area contributed by atoms with Crippen molar-refractivity contribution < 1.29 is 0 Å². The average molecular weight is 839 g/mol. The summed E-state index contributed by atoms with van der Waals surface area (Å²) in [5.74, 6) is 0. The predicted octanol–water partition coefficient (Wildman–Crippen LogP) is 18.6. The smallest absolute Gasteiger partial charge is 0.0434 e. The molecule has 0 unspecified atom stereocenters. The van der Waals surface area contributed by atoms with Gasteiger partial charge in [-0.05, 0) is 140 Å². The number of rotatable bonds is 5. The summed E-state index contributed by atoms with van der Waals surface area (Å²) in [4.78, 5) is 0. The van der Waals surface area contributed by atoms with Crippen LogP contribution in [0.4, 0.5) is 0 Å². The second kappa shape index (κ2) is 14.2. The summed E-state index contributed by atoms with van der Waals surface area (Å²) in [6.45, 7) is 0. The van der Waals surface area contributed by atoms with Gasteiger partial charge in [-0.15, -0.1) is 11.3 Å². The summed E-state index contributed by atoms with van der Waals surface area (Å²) in [5.41, 5.74) is 17.8. The second-order valence-corrected chi connectivity index (χ2v) is 18.5. The highest BCUT2D eigenvalue weighted by atomic mass is 32.1. The molecule has 300 valence electrons. The molecular weight excluding hydrogens is 801 g/mol. The van der Waals surface area contributed by atoms with Crippen LogP contribution in [0, 0.1) is 0 Å². The maximum absolute atomic E-state index is 2.45. The van der Waals surface area contributed by atoms with E-state index in [2.05, 4.69) is 231 Å². The quantitative estimate of drug-likeness (QED) is 0.162. The van der Waals surface area contributed by atoms with E-state index >= 15 is 0 Å². The summed E-state index contributed by atoms with van der Waals surface area (Å²) in [5, 5.41) is 12.8. The van der Waals surface area contributed by atoms with Crippen molar-refractivity contribution in [1.29, 1.82) is 0 Å². The third-order valence-electron chi connectivity index (χ3n) is 14.0. The first-order valence-electron chi connectivity index (χ1n) is 22.5. The van der Waals surface area contributed by atoms with Crippen LogP contribution in [0.1, 0.15) is 0 Å². The van der Waals surface area contributed by atoms with Gasteiger partial charge in [0, 0.05) is 25.7 Å². The summed E-state index contributed by atoms with van der Waals surface area (Å²) in [7, 11) is 0. The molecule has 0 radical (unpaired) electrons. The van der Waals surface area contributed by atoms with E-state index in [-0.39, 0.29) is 0 Å². The number of hydrogen-bond acceptors (Lipinski definition) is 1. The molecule has 0 bridgehead atoms. The van der Waals surface area contributed by atoms with Crippen LogP contribution in [0.15, 0.2) is 231 Å². The Morgan fingerprint density at radius 1 is 0.231 bits per heavy atom. The maximum Gasteiger partial charge on any atom is 0.0434 e. The normalized spacial score (nSPS) is 12.0. The fourth-order valence-corrected chi connectivity index (χ4v) is 12.4. The van der Waals surface area contributed by atoms with Crippen LogP contribution in [0.25, 0.3) is 141 Å². The van der Waals surface area contributed by atoms with Gasteiger partial charge in [-0.1, -0.05) is 206 Å². The van der Waals surface area contributed by atoms with E-state index in [0.717, 1.165) is 0 Å². The van der Waals surface area contributed by atoms with Crippen molar-refractivity contribution in [3.05, 3.63) is 231 Å². The van der Waals surface area contributed by atoms with Crippen LogP contribution in [0.3, 0.4) is 0 Å². The van der Waals surface area contributed by atoms with Gasteiger partial charge in [0.1, 0.15) is 0 Å². The van der Waals surface area contributed by atoms with Crippen molar-refractivity contribution >= 4 is 74.6 Å². The van der Waals surface area contributed by atoms with Gasteiger partial charge in [0.15, 0.2) is 0 Å². The van der Waals surface area contributed by atoms with Gasteiger partial charge in [-0.25, -0.2) is 0 Å². The SMILES string of the molecule is c1ccc(-c2ccc3sc4c(-c5ccc6c7c(cccc57)-c5c-6c(-c6cccc7ccccc67)c6ccccc6c5-c5cccc6ccccc56)cc(-c5ccccc5)cc4c3c2)cc1. The van der Waals surface area contributed by atoms with Gasteiger partial charge >= 0.3 is 0 Å². The van der Waals surface area contributed by atoms with Gasteiger partial charge in [0.05, 0.1) is 0 Å². The summed E-state index contributed by atoms with van der Waals surface area (Å²) < 4.78 is 2.62. The van der Waals surface area contributed by atoms with E-state index in [1.54, 1.807) is 0 Å². The van der Waals surface area contributed by atoms with Crippen LogP contribution in [-0.4, -0.2) is 0 Å². The molecule has 0 fully saturated rings. The Labute approximate surface area is 380 Å². The van der Waals surface area contributed by atoms with Gasteiger partial charge in [-0.3, -0.25) is 0 Å². The zero-order valence-corrected chi connectivity index (χ0v) is 36.2. The van der Waals surface area contributed by atoms with E-state index < -0.39 is 0 Å². The van der Waals surface area contributed by atoms with Gasteiger partial charge < -0.3 is 0 Å². The molecule has 0 atom stereocenters. The van der Waals surface area contributed by atoms with Crippen molar-refractivity contribution in [1.82, 2.24) is 0 Å². The van der Waals surface area contributed by atoms with E-state index in [9.17, 15) is 0 Å². The molecule has 1 aliphatic carbocycles. The summed E-state index contributed by atoms with van der Waals surface area (Å²) in [6, 6.07) is 86.0. The highest BCUT2D eigenvalue weighted by molar-refractivity contribution is 7.26. The Morgan fingerprint density at radius 2 is 0.708 bits per heavy atom. The van der Waals surface area contributed by atoms with Crippen LogP contribution in [0.2, 0.25) is 0 Å². The fraction of sp³-hybridized carbons (Fsp3) is 0. The first kappa shape index (κ1) is 36.4. The Bertz CT molecular complexity index is 3960. The van der Waals surface area contributed by atoms with Crippen molar-refractivity contribution in [3.8, 4) is 77.9 Å². The Kier molecular flexibility index (Phi) is 7.95. The van der Waals surface area contributed by atoms with Gasteiger partial charge in [-0.2, -0.15) is 0 Å². The Balaban J connectivity index is 1.11. The molecule has 0 amide bonds. The topological polar surface area (TPSA) is 0 Å². The molecule has 0 spiro atoms. The molecule has 0 N–H and O–H groups in total. The second-order valence-electron chi connectivity index (χ2n) is 17.4. The van der Waals surface area contributed by atoms with Crippen LogP contribution in [0.5, 0.6) is 0 Å². The highest BCUT2D eigenvalue weighted by Gasteiger charge is 2.32. The molecule has 0 saturated heterocycles. The lowest BCUT2D eigenvalue weighted by Crippen LogP contribution is -1.94. The zero-order valence-electron chi connectivity index (χ0n) is 35.3. The van der Waals surface area contributed by atoms with Crippen molar-refractivity contribution in [3.63, 3.8) is 0 Å². The van der Waals surface area contributed by atoms with Crippen molar-refractivity contribution in [2.45, 2.75) is 0 Å². The third kappa shape index (κ3) is 5.43. The summed E-state index contributed by atoms with van der Waals surface area (Å²) in [6.07, 6.45) is 0. The third-order valence-corrected chi connectivity index (χ3v) is 15.2. The molecule has 1 heterocycles. The minimum absolute atomic E-state index is 1.22. The lowest BCUT2D eigenvalue weighted by molar-refractivity contribution is 1.64. The molecule has 1 aliphatic rings. The average Bonchev–Trinajstić information content (AvgIpc) is 3.92. The minimum Gasteiger partial charge on any atom is -0.135 e. The van der Waals surface area contributed by atoms with Crippen molar-refractivity contribution in [2.24, 2.45) is 0 Å². The minimum atomic E-state index is 1.22. The largest absolute Gasteiger partial charge is 0.135 e. The van der Waals surface area contributed by atoms with Gasteiger partial charge in [0.25, 0.3) is 0 Å². The van der Waals surface area contributed by atoms with Crippen LogP contribution < -0.4 is 0 Å². The van der Waals surface area contributed by atoms with Crippen LogP contribution >= 0.6 is 11.3 Å². The lowest BCUT2D eigenvalue weighted by Gasteiger charge is -2.22. The van der Waals surface area contributed by atoms with Gasteiger partial charge in [0.2, 0.25) is 0 Å². The number of thiophene rings is 1. The molecule has 0 aliphatic heterocycles. The zero-order chi connectivity index (χ0) is 42.6.